The fourth-order valence-corrected chi connectivity index (χ4v) is 2.28. The van der Waals surface area contributed by atoms with Gasteiger partial charge in [-0.15, -0.1) is 0 Å². The summed E-state index contributed by atoms with van der Waals surface area (Å²) < 4.78 is 0. The quantitative estimate of drug-likeness (QED) is 0.525. The van der Waals surface area contributed by atoms with Crippen LogP contribution in [0, 0.1) is 12.8 Å². The lowest BCUT2D eigenvalue weighted by atomic mass is 9.85. The van der Waals surface area contributed by atoms with E-state index in [1.54, 1.807) is 0 Å². The lowest BCUT2D eigenvalue weighted by Crippen LogP contribution is -2.07. The second-order valence-electron chi connectivity index (χ2n) is 5.42. The number of carbonyl (C=O) groups is 1. The van der Waals surface area contributed by atoms with Crippen molar-refractivity contribution in [2.75, 3.05) is 0 Å². The third-order valence-corrected chi connectivity index (χ3v) is 3.33. The van der Waals surface area contributed by atoms with Gasteiger partial charge in [0.05, 0.1) is 0 Å². The molecule has 1 heteroatoms. The molecule has 0 aromatic heterocycles. The Balaban J connectivity index is 2.93. The molecule has 0 fully saturated rings. The summed E-state index contributed by atoms with van der Waals surface area (Å²) in [4.78, 5) is 10.9. The SMILES string of the molecule is CC(C)=CCC(CC(C)C=O)c1ccccc1C. The summed E-state index contributed by atoms with van der Waals surface area (Å²) in [5.74, 6) is 0.571. The first-order valence-electron chi connectivity index (χ1n) is 6.68. The van der Waals surface area contributed by atoms with E-state index in [2.05, 4.69) is 51.1 Å². The maximum Gasteiger partial charge on any atom is 0.122 e. The van der Waals surface area contributed by atoms with Gasteiger partial charge >= 0.3 is 0 Å². The number of rotatable bonds is 6. The predicted octanol–water partition coefficient (Wildman–Crippen LogP) is 4.66. The van der Waals surface area contributed by atoms with Gasteiger partial charge in [-0.3, -0.25) is 0 Å². The number of aryl methyl sites for hydroxylation is 1. The molecule has 0 aliphatic rings. The molecule has 0 amide bonds. The highest BCUT2D eigenvalue weighted by molar-refractivity contribution is 5.53. The fourth-order valence-electron chi connectivity index (χ4n) is 2.28. The Morgan fingerprint density at radius 2 is 1.94 bits per heavy atom. The van der Waals surface area contributed by atoms with E-state index in [4.69, 9.17) is 0 Å². The Hall–Kier alpha value is -1.37. The van der Waals surface area contributed by atoms with Gasteiger partial charge in [0.1, 0.15) is 6.29 Å². The second-order valence-corrected chi connectivity index (χ2v) is 5.42. The monoisotopic (exact) mass is 244 g/mol. The van der Waals surface area contributed by atoms with E-state index in [-0.39, 0.29) is 5.92 Å². The third kappa shape index (κ3) is 4.48. The maximum absolute atomic E-state index is 10.9. The molecule has 18 heavy (non-hydrogen) atoms. The van der Waals surface area contributed by atoms with Gasteiger partial charge in [0.25, 0.3) is 0 Å². The Bertz CT molecular complexity index is 413. The zero-order valence-electron chi connectivity index (χ0n) is 11.9. The molecule has 1 aromatic rings. The normalized spacial score (nSPS) is 13.8. The van der Waals surface area contributed by atoms with Crippen LogP contribution in [-0.2, 0) is 4.79 Å². The zero-order chi connectivity index (χ0) is 13.5. The number of aldehydes is 1. The van der Waals surface area contributed by atoms with Gasteiger partial charge in [0.2, 0.25) is 0 Å². The summed E-state index contributed by atoms with van der Waals surface area (Å²) in [6, 6.07) is 8.50. The van der Waals surface area contributed by atoms with Gasteiger partial charge in [-0.05, 0) is 50.7 Å². The summed E-state index contributed by atoms with van der Waals surface area (Å²) in [6.07, 6.45) is 5.28. The Labute approximate surface area is 111 Å². The first-order chi connectivity index (χ1) is 8.54. The molecular weight excluding hydrogens is 220 g/mol. The molecule has 0 aliphatic heterocycles. The van der Waals surface area contributed by atoms with Gasteiger partial charge in [0, 0.05) is 5.92 Å². The lowest BCUT2D eigenvalue weighted by molar-refractivity contribution is -0.110. The van der Waals surface area contributed by atoms with E-state index in [9.17, 15) is 4.79 Å². The van der Waals surface area contributed by atoms with Crippen LogP contribution in [0.2, 0.25) is 0 Å². The van der Waals surface area contributed by atoms with Crippen molar-refractivity contribution in [3.63, 3.8) is 0 Å². The summed E-state index contributed by atoms with van der Waals surface area (Å²) in [7, 11) is 0. The highest BCUT2D eigenvalue weighted by atomic mass is 16.1. The van der Waals surface area contributed by atoms with E-state index in [0.717, 1.165) is 19.1 Å². The highest BCUT2D eigenvalue weighted by Crippen LogP contribution is 2.29. The molecule has 2 unspecified atom stereocenters. The van der Waals surface area contributed by atoms with Crippen molar-refractivity contribution in [2.45, 2.75) is 46.5 Å². The summed E-state index contributed by atoms with van der Waals surface area (Å²) in [5.41, 5.74) is 4.04. The lowest BCUT2D eigenvalue weighted by Gasteiger charge is -2.19. The van der Waals surface area contributed by atoms with Gasteiger partial charge in [-0.25, -0.2) is 0 Å². The van der Waals surface area contributed by atoms with Crippen molar-refractivity contribution >= 4 is 6.29 Å². The second kappa shape index (κ2) is 7.15. The van der Waals surface area contributed by atoms with E-state index in [1.165, 1.54) is 16.7 Å². The average molecular weight is 244 g/mol. The van der Waals surface area contributed by atoms with Crippen LogP contribution in [-0.4, -0.2) is 6.29 Å². The van der Waals surface area contributed by atoms with Crippen LogP contribution in [0.5, 0.6) is 0 Å². The molecule has 0 saturated heterocycles. The standard InChI is InChI=1S/C17H24O/c1-13(2)9-10-16(11-14(3)12-18)17-8-6-5-7-15(17)4/h5-9,12,14,16H,10-11H2,1-4H3. The van der Waals surface area contributed by atoms with Crippen molar-refractivity contribution in [1.82, 2.24) is 0 Å². The maximum atomic E-state index is 10.9. The molecule has 0 saturated carbocycles. The molecule has 0 bridgehead atoms. The van der Waals surface area contributed by atoms with Crippen LogP contribution in [0.1, 0.15) is 50.7 Å². The largest absolute Gasteiger partial charge is 0.303 e. The molecule has 0 spiro atoms. The van der Waals surface area contributed by atoms with Crippen molar-refractivity contribution in [3.8, 4) is 0 Å². The topological polar surface area (TPSA) is 17.1 Å². The van der Waals surface area contributed by atoms with Crippen molar-refractivity contribution in [1.29, 1.82) is 0 Å². The molecule has 0 radical (unpaired) electrons. The smallest absolute Gasteiger partial charge is 0.122 e. The number of allylic oxidation sites excluding steroid dienone is 2. The van der Waals surface area contributed by atoms with Gasteiger partial charge < -0.3 is 4.79 Å². The fraction of sp³-hybridized carbons (Fsp3) is 0.471. The van der Waals surface area contributed by atoms with E-state index >= 15 is 0 Å². The van der Waals surface area contributed by atoms with Gasteiger partial charge in [0.15, 0.2) is 0 Å². The predicted molar refractivity (Wildman–Crippen MR) is 77.8 cm³/mol. The van der Waals surface area contributed by atoms with Crippen LogP contribution >= 0.6 is 0 Å². The minimum Gasteiger partial charge on any atom is -0.303 e. The van der Waals surface area contributed by atoms with E-state index in [1.807, 2.05) is 6.92 Å². The molecular formula is C17H24O. The zero-order valence-corrected chi connectivity index (χ0v) is 11.9. The number of benzene rings is 1. The van der Waals surface area contributed by atoms with Crippen LogP contribution in [0.15, 0.2) is 35.9 Å². The molecule has 1 aromatic carbocycles. The van der Waals surface area contributed by atoms with Crippen molar-refractivity contribution in [2.24, 2.45) is 5.92 Å². The Morgan fingerprint density at radius 1 is 1.28 bits per heavy atom. The van der Waals surface area contributed by atoms with Crippen LogP contribution < -0.4 is 0 Å². The van der Waals surface area contributed by atoms with Crippen LogP contribution in [0.3, 0.4) is 0 Å². The molecule has 2 atom stereocenters. The van der Waals surface area contributed by atoms with Crippen LogP contribution in [0.25, 0.3) is 0 Å². The summed E-state index contributed by atoms with van der Waals surface area (Å²) in [6.45, 7) is 8.40. The van der Waals surface area contributed by atoms with Crippen molar-refractivity contribution < 1.29 is 4.79 Å². The number of hydrogen-bond acceptors (Lipinski definition) is 1. The molecule has 98 valence electrons. The first kappa shape index (κ1) is 14.7. The Kier molecular flexibility index (Phi) is 5.84. The molecule has 0 heterocycles. The number of carbonyl (C=O) groups excluding carboxylic acids is 1. The summed E-state index contributed by atoms with van der Waals surface area (Å²) >= 11 is 0. The Morgan fingerprint density at radius 3 is 2.50 bits per heavy atom. The molecule has 1 rings (SSSR count). The molecule has 0 N–H and O–H groups in total. The van der Waals surface area contributed by atoms with Gasteiger partial charge in [-0.2, -0.15) is 0 Å². The summed E-state index contributed by atoms with van der Waals surface area (Å²) in [5, 5.41) is 0. The number of hydrogen-bond donors (Lipinski definition) is 0. The van der Waals surface area contributed by atoms with E-state index < -0.39 is 0 Å². The average Bonchev–Trinajstić information content (AvgIpc) is 2.34. The van der Waals surface area contributed by atoms with Crippen LogP contribution in [0.4, 0.5) is 0 Å². The first-order valence-corrected chi connectivity index (χ1v) is 6.68. The highest BCUT2D eigenvalue weighted by Gasteiger charge is 2.15. The van der Waals surface area contributed by atoms with Gasteiger partial charge in [-0.1, -0.05) is 42.8 Å². The molecule has 0 aliphatic carbocycles. The minimum absolute atomic E-state index is 0.125. The van der Waals surface area contributed by atoms with E-state index in [0.29, 0.717) is 5.92 Å². The third-order valence-electron chi connectivity index (χ3n) is 3.33. The minimum atomic E-state index is 0.125. The van der Waals surface area contributed by atoms with Crippen molar-refractivity contribution in [3.05, 3.63) is 47.0 Å². The molecule has 1 nitrogen and oxygen atoms in total.